The number of piperidine rings is 1. The van der Waals surface area contributed by atoms with Crippen LogP contribution in [0, 0.1) is 0 Å². The van der Waals surface area contributed by atoms with E-state index >= 15 is 0 Å². The number of H-pyrrole nitrogens is 1. The number of amides is 2. The van der Waals surface area contributed by atoms with Crippen LogP contribution in [0.25, 0.3) is 0 Å². The van der Waals surface area contributed by atoms with Crippen LogP contribution in [0.3, 0.4) is 0 Å². The van der Waals surface area contributed by atoms with Crippen molar-refractivity contribution in [2.75, 3.05) is 33.4 Å². The molecule has 4 heterocycles. The summed E-state index contributed by atoms with van der Waals surface area (Å²) in [6.07, 6.45) is 8.01. The number of likely N-dealkylation sites (tertiary alicyclic amines) is 1. The number of hydrogen-bond donors (Lipinski definition) is 1. The first-order valence-corrected chi connectivity index (χ1v) is 10.2. The summed E-state index contributed by atoms with van der Waals surface area (Å²) in [5.74, 6) is 0.0581. The fourth-order valence-electron chi connectivity index (χ4n) is 4.80. The molecule has 1 atom stereocenters. The van der Waals surface area contributed by atoms with Gasteiger partial charge < -0.3 is 19.5 Å². The van der Waals surface area contributed by atoms with Gasteiger partial charge in [-0.25, -0.2) is 4.98 Å². The lowest BCUT2D eigenvalue weighted by molar-refractivity contribution is -0.148. The molecule has 2 aromatic heterocycles. The van der Waals surface area contributed by atoms with Gasteiger partial charge in [-0.3, -0.25) is 14.3 Å². The van der Waals surface area contributed by atoms with Crippen LogP contribution in [0.5, 0.6) is 0 Å². The zero-order valence-electron chi connectivity index (χ0n) is 17.0. The molecule has 4 rings (SSSR count). The van der Waals surface area contributed by atoms with Gasteiger partial charge in [0.2, 0.25) is 11.8 Å². The molecule has 0 saturated carbocycles. The number of rotatable bonds is 5. The Morgan fingerprint density at radius 3 is 2.76 bits per heavy atom. The largest absolute Gasteiger partial charge is 0.375 e. The molecule has 2 aromatic rings. The molecule has 0 unspecified atom stereocenters. The van der Waals surface area contributed by atoms with E-state index in [2.05, 4.69) is 15.1 Å². The van der Waals surface area contributed by atoms with Gasteiger partial charge >= 0.3 is 0 Å². The number of hydrogen-bond acceptors (Lipinski definition) is 5. The molecule has 1 fully saturated rings. The summed E-state index contributed by atoms with van der Waals surface area (Å²) in [7, 11) is 1.54. The van der Waals surface area contributed by atoms with Crippen molar-refractivity contribution in [2.24, 2.45) is 0 Å². The molecular weight excluding hydrogens is 372 g/mol. The van der Waals surface area contributed by atoms with E-state index in [4.69, 9.17) is 4.74 Å². The zero-order valence-corrected chi connectivity index (χ0v) is 17.0. The maximum atomic E-state index is 13.2. The second-order valence-corrected chi connectivity index (χ2v) is 7.73. The third kappa shape index (κ3) is 3.33. The van der Waals surface area contributed by atoms with Gasteiger partial charge in [-0.15, -0.1) is 0 Å². The van der Waals surface area contributed by atoms with Gasteiger partial charge in [-0.1, -0.05) is 6.92 Å². The third-order valence-electron chi connectivity index (χ3n) is 6.25. The third-order valence-corrected chi connectivity index (χ3v) is 6.25. The minimum atomic E-state index is -0.479. The second kappa shape index (κ2) is 7.98. The van der Waals surface area contributed by atoms with Gasteiger partial charge in [0.05, 0.1) is 17.6 Å². The van der Waals surface area contributed by atoms with E-state index in [9.17, 15) is 9.59 Å². The molecule has 1 N–H and O–H groups in total. The van der Waals surface area contributed by atoms with Crippen LogP contribution >= 0.6 is 0 Å². The highest BCUT2D eigenvalue weighted by atomic mass is 16.5. The molecule has 2 aliphatic rings. The summed E-state index contributed by atoms with van der Waals surface area (Å²) in [4.78, 5) is 37.6. The van der Waals surface area contributed by atoms with E-state index < -0.39 is 5.54 Å². The summed E-state index contributed by atoms with van der Waals surface area (Å²) >= 11 is 0. The van der Waals surface area contributed by atoms with Crippen LogP contribution in [-0.2, 0) is 26.3 Å². The van der Waals surface area contributed by atoms with Gasteiger partial charge in [0, 0.05) is 51.3 Å². The lowest BCUT2D eigenvalue weighted by Gasteiger charge is -2.50. The molecule has 0 bridgehead atoms. The Morgan fingerprint density at radius 2 is 2.10 bits per heavy atom. The highest BCUT2D eigenvalue weighted by Crippen LogP contribution is 2.42. The Hall–Kier alpha value is -2.68. The van der Waals surface area contributed by atoms with Crippen LogP contribution < -0.4 is 0 Å². The van der Waals surface area contributed by atoms with Gasteiger partial charge in [-0.2, -0.15) is 5.10 Å². The number of nitrogens with one attached hydrogen (secondary N) is 1. The predicted octanol–water partition coefficient (Wildman–Crippen LogP) is 1.11. The maximum Gasteiger partial charge on any atom is 0.249 e. The normalized spacial score (nSPS) is 19.2. The zero-order chi connectivity index (χ0) is 20.4. The highest BCUT2D eigenvalue weighted by Gasteiger charge is 2.49. The number of aromatic amines is 1. The molecule has 29 heavy (non-hydrogen) atoms. The van der Waals surface area contributed by atoms with Crippen LogP contribution in [0.1, 0.15) is 43.6 Å². The van der Waals surface area contributed by atoms with E-state index in [1.165, 1.54) is 7.11 Å². The summed E-state index contributed by atoms with van der Waals surface area (Å²) in [5.41, 5.74) is 1.56. The Bertz CT molecular complexity index is 853. The van der Waals surface area contributed by atoms with Crippen LogP contribution in [-0.4, -0.2) is 74.7 Å². The number of ether oxygens (including phenoxy) is 1. The first-order chi connectivity index (χ1) is 14.1. The SMILES string of the molecule is CC[C@H](C(=O)N1CCC2(CC1)c1nc[nH]c1CCN2C(=O)COC)n1cccn1. The standard InChI is InChI=1S/C20H28N6O3/c1-3-16(26-9-4-8-23-26)19(28)24-11-6-20(7-12-24)18-15(21-14-22-18)5-10-25(20)17(27)13-29-2/h4,8-9,14,16H,3,5-7,10-13H2,1-2H3,(H,21,22)/t16-/m1/s1. The molecule has 9 heteroatoms. The van der Waals surface area contributed by atoms with Crippen LogP contribution in [0.2, 0.25) is 0 Å². The number of carbonyl (C=O) groups excluding carboxylic acids is 2. The molecular formula is C20H28N6O3. The summed E-state index contributed by atoms with van der Waals surface area (Å²) in [6.45, 7) is 3.86. The van der Waals surface area contributed by atoms with E-state index in [0.717, 1.165) is 17.8 Å². The number of methoxy groups -OCH3 is 1. The molecule has 0 aromatic carbocycles. The van der Waals surface area contributed by atoms with Crippen molar-refractivity contribution < 1.29 is 14.3 Å². The maximum absolute atomic E-state index is 13.2. The minimum absolute atomic E-state index is 0.0242. The first-order valence-electron chi connectivity index (χ1n) is 10.2. The lowest BCUT2D eigenvalue weighted by atomic mass is 9.78. The number of fused-ring (bicyclic) bond motifs is 2. The van der Waals surface area contributed by atoms with Gasteiger partial charge in [0.15, 0.2) is 0 Å². The van der Waals surface area contributed by atoms with Gasteiger partial charge in [0.1, 0.15) is 12.6 Å². The summed E-state index contributed by atoms with van der Waals surface area (Å²) < 4.78 is 6.84. The van der Waals surface area contributed by atoms with Crippen molar-refractivity contribution in [3.63, 3.8) is 0 Å². The summed E-state index contributed by atoms with van der Waals surface area (Å²) in [6, 6.07) is 1.54. The van der Waals surface area contributed by atoms with Crippen molar-refractivity contribution in [1.82, 2.24) is 29.5 Å². The molecule has 2 aliphatic heterocycles. The number of nitrogens with zero attached hydrogens (tertiary/aromatic N) is 5. The van der Waals surface area contributed by atoms with Crippen LogP contribution in [0.4, 0.5) is 0 Å². The predicted molar refractivity (Wildman–Crippen MR) is 105 cm³/mol. The van der Waals surface area contributed by atoms with E-state index in [0.29, 0.717) is 38.9 Å². The van der Waals surface area contributed by atoms with E-state index in [1.54, 1.807) is 17.2 Å². The molecule has 0 aliphatic carbocycles. The van der Waals surface area contributed by atoms with Crippen molar-refractivity contribution in [3.05, 3.63) is 36.2 Å². The number of aromatic nitrogens is 4. The van der Waals surface area contributed by atoms with E-state index in [-0.39, 0.29) is 24.5 Å². The Balaban J connectivity index is 1.55. The van der Waals surface area contributed by atoms with Crippen molar-refractivity contribution in [2.45, 2.75) is 44.2 Å². The molecule has 0 radical (unpaired) electrons. The molecule has 1 spiro atoms. The fraction of sp³-hybridized carbons (Fsp3) is 0.600. The average molecular weight is 400 g/mol. The van der Waals surface area contributed by atoms with Crippen LogP contribution in [0.15, 0.2) is 24.8 Å². The monoisotopic (exact) mass is 400 g/mol. The number of carbonyl (C=O) groups is 2. The molecule has 9 nitrogen and oxygen atoms in total. The molecule has 2 amide bonds. The van der Waals surface area contributed by atoms with Gasteiger partial charge in [-0.05, 0) is 25.3 Å². The topological polar surface area (TPSA) is 96.4 Å². The van der Waals surface area contributed by atoms with Gasteiger partial charge in [0.25, 0.3) is 0 Å². The average Bonchev–Trinajstić information content (AvgIpc) is 3.42. The fourth-order valence-corrected chi connectivity index (χ4v) is 4.80. The lowest BCUT2D eigenvalue weighted by Crippen LogP contribution is -2.59. The quantitative estimate of drug-likeness (QED) is 0.811. The van der Waals surface area contributed by atoms with Crippen molar-refractivity contribution >= 4 is 11.8 Å². The smallest absolute Gasteiger partial charge is 0.249 e. The Morgan fingerprint density at radius 1 is 1.31 bits per heavy atom. The number of imidazole rings is 1. The second-order valence-electron chi connectivity index (χ2n) is 7.73. The summed E-state index contributed by atoms with van der Waals surface area (Å²) in [5, 5.41) is 4.25. The van der Waals surface area contributed by atoms with E-state index in [1.807, 2.05) is 29.0 Å². The Labute approximate surface area is 170 Å². The first kappa shape index (κ1) is 19.6. The minimum Gasteiger partial charge on any atom is -0.375 e. The van der Waals surface area contributed by atoms with Crippen molar-refractivity contribution in [3.8, 4) is 0 Å². The molecule has 156 valence electrons. The molecule has 1 saturated heterocycles. The highest BCUT2D eigenvalue weighted by molar-refractivity contribution is 5.81. The Kier molecular flexibility index (Phi) is 5.40. The van der Waals surface area contributed by atoms with Crippen molar-refractivity contribution in [1.29, 1.82) is 0 Å².